The van der Waals surface area contributed by atoms with Gasteiger partial charge in [-0.3, -0.25) is 0 Å². The van der Waals surface area contributed by atoms with E-state index in [1.54, 1.807) is 0 Å². The van der Waals surface area contributed by atoms with Crippen LogP contribution in [0.25, 0.3) is 0 Å². The van der Waals surface area contributed by atoms with Crippen LogP contribution in [0, 0.1) is 11.6 Å². The molecule has 0 bridgehead atoms. The maximum absolute atomic E-state index is 13.3. The molecule has 0 aliphatic heterocycles. The van der Waals surface area contributed by atoms with Crippen molar-refractivity contribution in [2.75, 3.05) is 6.61 Å². The average Bonchev–Trinajstić information content (AvgIpc) is 2.25. The van der Waals surface area contributed by atoms with E-state index in [1.165, 1.54) is 12.1 Å². The molecule has 0 aliphatic rings. The minimum absolute atomic E-state index is 0.0922. The fourth-order valence-corrected chi connectivity index (χ4v) is 1.28. The van der Waals surface area contributed by atoms with E-state index in [0.29, 0.717) is 0 Å². The molecule has 2 N–H and O–H groups in total. The molecular formula is C12H17F2NO. The summed E-state index contributed by atoms with van der Waals surface area (Å²) in [6.07, 6.45) is 0.966. The summed E-state index contributed by atoms with van der Waals surface area (Å²) in [6.45, 7) is 4.15. The Morgan fingerprint density at radius 2 is 2.06 bits per heavy atom. The molecule has 0 spiro atoms. The normalized spacial score (nSPS) is 14.8. The van der Waals surface area contributed by atoms with Crippen LogP contribution in [0.1, 0.15) is 31.9 Å². The first-order valence-corrected chi connectivity index (χ1v) is 5.36. The minimum Gasteiger partial charge on any atom is -0.377 e. The molecule has 0 fully saturated rings. The Balaban J connectivity index is 2.62. The third-order valence-corrected chi connectivity index (χ3v) is 2.50. The van der Waals surface area contributed by atoms with Crippen LogP contribution in [0.4, 0.5) is 8.78 Å². The maximum atomic E-state index is 13.3. The number of nitrogens with two attached hydrogens (primary N) is 1. The molecule has 0 amide bonds. The molecule has 2 atom stereocenters. The highest BCUT2D eigenvalue weighted by Gasteiger charge is 2.13. The molecule has 0 saturated carbocycles. The van der Waals surface area contributed by atoms with E-state index < -0.39 is 17.7 Å². The van der Waals surface area contributed by atoms with Gasteiger partial charge in [-0.2, -0.15) is 0 Å². The number of halogens is 2. The Labute approximate surface area is 94.4 Å². The Hall–Kier alpha value is -1.00. The lowest BCUT2D eigenvalue weighted by Gasteiger charge is -2.16. The van der Waals surface area contributed by atoms with Crippen LogP contribution in [0.5, 0.6) is 0 Å². The van der Waals surface area contributed by atoms with Crippen molar-refractivity contribution in [3.63, 3.8) is 0 Å². The first-order chi connectivity index (χ1) is 7.54. The van der Waals surface area contributed by atoms with Gasteiger partial charge in [0.2, 0.25) is 0 Å². The van der Waals surface area contributed by atoms with Crippen molar-refractivity contribution in [2.45, 2.75) is 32.4 Å². The van der Waals surface area contributed by atoms with Crippen molar-refractivity contribution >= 4 is 0 Å². The van der Waals surface area contributed by atoms with Crippen LogP contribution in [0.3, 0.4) is 0 Å². The molecule has 0 aliphatic carbocycles. The van der Waals surface area contributed by atoms with E-state index in [-0.39, 0.29) is 18.3 Å². The summed E-state index contributed by atoms with van der Waals surface area (Å²) in [5, 5.41) is 0. The summed E-state index contributed by atoms with van der Waals surface area (Å²) >= 11 is 0. The average molecular weight is 229 g/mol. The molecule has 4 heteroatoms. The van der Waals surface area contributed by atoms with Crippen LogP contribution < -0.4 is 5.73 Å². The molecule has 1 aromatic rings. The van der Waals surface area contributed by atoms with Gasteiger partial charge >= 0.3 is 0 Å². The van der Waals surface area contributed by atoms with E-state index in [0.717, 1.165) is 12.5 Å². The van der Waals surface area contributed by atoms with Crippen LogP contribution in [0.15, 0.2) is 18.2 Å². The monoisotopic (exact) mass is 229 g/mol. The van der Waals surface area contributed by atoms with Gasteiger partial charge in [-0.05, 0) is 19.4 Å². The van der Waals surface area contributed by atoms with Gasteiger partial charge in [0.15, 0.2) is 0 Å². The molecule has 2 unspecified atom stereocenters. The van der Waals surface area contributed by atoms with Gasteiger partial charge < -0.3 is 10.5 Å². The third kappa shape index (κ3) is 3.54. The topological polar surface area (TPSA) is 35.2 Å². The predicted octanol–water partition coefficient (Wildman–Crippen LogP) is 2.78. The summed E-state index contributed by atoms with van der Waals surface area (Å²) < 4.78 is 31.4. The van der Waals surface area contributed by atoms with Crippen LogP contribution in [-0.4, -0.2) is 12.7 Å². The van der Waals surface area contributed by atoms with E-state index in [2.05, 4.69) is 0 Å². The maximum Gasteiger partial charge on any atom is 0.130 e. The van der Waals surface area contributed by atoms with Gasteiger partial charge in [-0.25, -0.2) is 8.78 Å². The Morgan fingerprint density at radius 3 is 2.62 bits per heavy atom. The molecule has 0 heterocycles. The lowest BCUT2D eigenvalue weighted by Crippen LogP contribution is -2.21. The second-order valence-corrected chi connectivity index (χ2v) is 3.82. The highest BCUT2D eigenvalue weighted by molar-refractivity contribution is 5.21. The van der Waals surface area contributed by atoms with Gasteiger partial charge in [0, 0.05) is 11.6 Å². The van der Waals surface area contributed by atoms with Gasteiger partial charge in [0.25, 0.3) is 0 Å². The molecule has 16 heavy (non-hydrogen) atoms. The molecule has 0 radical (unpaired) electrons. The molecular weight excluding hydrogens is 212 g/mol. The molecule has 0 saturated heterocycles. The number of rotatable bonds is 5. The van der Waals surface area contributed by atoms with E-state index in [4.69, 9.17) is 10.5 Å². The Morgan fingerprint density at radius 1 is 1.38 bits per heavy atom. The summed E-state index contributed by atoms with van der Waals surface area (Å²) in [7, 11) is 0. The molecule has 1 rings (SSSR count). The summed E-state index contributed by atoms with van der Waals surface area (Å²) in [6, 6.07) is 2.82. The SMILES string of the molecule is CCC(C)OCC(N)c1ccc(F)cc1F. The van der Waals surface area contributed by atoms with Crippen molar-refractivity contribution in [1.82, 2.24) is 0 Å². The number of ether oxygens (including phenoxy) is 1. The largest absolute Gasteiger partial charge is 0.377 e. The highest BCUT2D eigenvalue weighted by atomic mass is 19.1. The first kappa shape index (κ1) is 13.1. The zero-order valence-corrected chi connectivity index (χ0v) is 9.54. The fraction of sp³-hybridized carbons (Fsp3) is 0.500. The van der Waals surface area contributed by atoms with Crippen LogP contribution in [-0.2, 0) is 4.74 Å². The summed E-state index contributed by atoms with van der Waals surface area (Å²) in [5.74, 6) is -1.23. The number of benzene rings is 1. The lowest BCUT2D eigenvalue weighted by molar-refractivity contribution is 0.0533. The Bertz CT molecular complexity index is 344. The standard InChI is InChI=1S/C12H17F2NO/c1-3-8(2)16-7-12(15)10-5-4-9(13)6-11(10)14/h4-6,8,12H,3,7,15H2,1-2H3. The van der Waals surface area contributed by atoms with Crippen molar-refractivity contribution < 1.29 is 13.5 Å². The predicted molar refractivity (Wildman–Crippen MR) is 59.0 cm³/mol. The first-order valence-electron chi connectivity index (χ1n) is 5.36. The van der Waals surface area contributed by atoms with Crippen molar-refractivity contribution in [3.8, 4) is 0 Å². The van der Waals surface area contributed by atoms with Gasteiger partial charge in [-0.15, -0.1) is 0 Å². The molecule has 90 valence electrons. The molecule has 2 nitrogen and oxygen atoms in total. The van der Waals surface area contributed by atoms with E-state index in [1.807, 2.05) is 13.8 Å². The van der Waals surface area contributed by atoms with Crippen molar-refractivity contribution in [1.29, 1.82) is 0 Å². The fourth-order valence-electron chi connectivity index (χ4n) is 1.28. The van der Waals surface area contributed by atoms with Gasteiger partial charge in [0.1, 0.15) is 11.6 Å². The highest BCUT2D eigenvalue weighted by Crippen LogP contribution is 2.17. The van der Waals surface area contributed by atoms with E-state index in [9.17, 15) is 8.78 Å². The number of hydrogen-bond donors (Lipinski definition) is 1. The van der Waals surface area contributed by atoms with Crippen LogP contribution in [0.2, 0.25) is 0 Å². The van der Waals surface area contributed by atoms with Gasteiger partial charge in [-0.1, -0.05) is 13.0 Å². The third-order valence-electron chi connectivity index (χ3n) is 2.50. The molecule has 0 aromatic heterocycles. The van der Waals surface area contributed by atoms with Crippen LogP contribution >= 0.6 is 0 Å². The van der Waals surface area contributed by atoms with Gasteiger partial charge in [0.05, 0.1) is 18.8 Å². The van der Waals surface area contributed by atoms with Crippen molar-refractivity contribution in [2.24, 2.45) is 5.73 Å². The number of hydrogen-bond acceptors (Lipinski definition) is 2. The van der Waals surface area contributed by atoms with Crippen molar-refractivity contribution in [3.05, 3.63) is 35.4 Å². The summed E-state index contributed by atoms with van der Waals surface area (Å²) in [4.78, 5) is 0. The lowest BCUT2D eigenvalue weighted by atomic mass is 10.1. The smallest absolute Gasteiger partial charge is 0.130 e. The Kier molecular flexibility index (Phi) is 4.83. The molecule has 1 aromatic carbocycles. The zero-order valence-electron chi connectivity index (χ0n) is 9.54. The zero-order chi connectivity index (χ0) is 12.1. The quantitative estimate of drug-likeness (QED) is 0.842. The second kappa shape index (κ2) is 5.92. The summed E-state index contributed by atoms with van der Waals surface area (Å²) in [5.41, 5.74) is 6.04. The minimum atomic E-state index is -0.625. The second-order valence-electron chi connectivity index (χ2n) is 3.82. The van der Waals surface area contributed by atoms with E-state index >= 15 is 0 Å².